The number of halogens is 1. The molecule has 1 aromatic heterocycles. The van der Waals surface area contributed by atoms with E-state index < -0.39 is 0 Å². The third-order valence-electron chi connectivity index (χ3n) is 2.51. The zero-order valence-electron chi connectivity index (χ0n) is 12.1. The summed E-state index contributed by atoms with van der Waals surface area (Å²) >= 11 is 6.05. The van der Waals surface area contributed by atoms with Gasteiger partial charge in [0.25, 0.3) is 5.91 Å². The molecule has 0 bridgehead atoms. The van der Waals surface area contributed by atoms with Crippen LogP contribution in [0.1, 0.15) is 31.3 Å². The van der Waals surface area contributed by atoms with Crippen LogP contribution in [0.25, 0.3) is 0 Å². The first-order chi connectivity index (χ1) is 9.85. The normalized spacial score (nSPS) is 11.0. The number of aromatic nitrogens is 2. The average molecular weight is 305 g/mol. The van der Waals surface area contributed by atoms with Crippen molar-refractivity contribution in [3.63, 3.8) is 0 Å². The van der Waals surface area contributed by atoms with Crippen LogP contribution in [0, 0.1) is 0 Å². The summed E-state index contributed by atoms with van der Waals surface area (Å²) in [5.74, 6) is 0.273. The van der Waals surface area contributed by atoms with E-state index in [1.54, 1.807) is 6.07 Å². The van der Waals surface area contributed by atoms with Crippen molar-refractivity contribution in [2.24, 2.45) is 0 Å². The van der Waals surface area contributed by atoms with Gasteiger partial charge in [0.1, 0.15) is 11.5 Å². The van der Waals surface area contributed by atoms with Crippen molar-refractivity contribution >= 4 is 29.0 Å². The largest absolute Gasteiger partial charge is 0.346 e. The van der Waals surface area contributed by atoms with Gasteiger partial charge >= 0.3 is 0 Å². The molecule has 2 aromatic rings. The minimum absolute atomic E-state index is 0.251. The van der Waals surface area contributed by atoms with Gasteiger partial charge in [0.15, 0.2) is 0 Å². The van der Waals surface area contributed by atoms with E-state index in [1.807, 2.05) is 39.0 Å². The summed E-state index contributed by atoms with van der Waals surface area (Å²) in [6.45, 7) is 5.73. The Labute approximate surface area is 128 Å². The van der Waals surface area contributed by atoms with Gasteiger partial charge in [-0.05, 0) is 32.9 Å². The van der Waals surface area contributed by atoms with Crippen LogP contribution in [0.3, 0.4) is 0 Å². The van der Waals surface area contributed by atoms with Crippen molar-refractivity contribution in [3.05, 3.63) is 47.4 Å². The van der Waals surface area contributed by atoms with Gasteiger partial charge in [-0.2, -0.15) is 0 Å². The predicted molar refractivity (Wildman–Crippen MR) is 84.0 cm³/mol. The number of rotatable bonds is 3. The summed E-state index contributed by atoms with van der Waals surface area (Å²) in [5, 5.41) is 6.47. The van der Waals surface area contributed by atoms with Gasteiger partial charge < -0.3 is 10.6 Å². The molecular formula is C15H17ClN4O. The van der Waals surface area contributed by atoms with Gasteiger partial charge in [0.05, 0.1) is 23.1 Å². The van der Waals surface area contributed by atoms with Crippen molar-refractivity contribution < 1.29 is 4.79 Å². The molecule has 1 aromatic carbocycles. The fourth-order valence-corrected chi connectivity index (χ4v) is 1.80. The molecule has 2 N–H and O–H groups in total. The van der Waals surface area contributed by atoms with Gasteiger partial charge in [0, 0.05) is 5.54 Å². The number of carbonyl (C=O) groups excluding carboxylic acids is 1. The van der Waals surface area contributed by atoms with Gasteiger partial charge in [-0.3, -0.25) is 4.79 Å². The van der Waals surface area contributed by atoms with Gasteiger partial charge in [0.2, 0.25) is 0 Å². The van der Waals surface area contributed by atoms with Gasteiger partial charge in [-0.25, -0.2) is 9.97 Å². The van der Waals surface area contributed by atoms with Gasteiger partial charge in [-0.1, -0.05) is 23.7 Å². The molecule has 21 heavy (non-hydrogen) atoms. The quantitative estimate of drug-likeness (QED) is 0.912. The molecule has 1 amide bonds. The Balaban J connectivity index is 2.09. The summed E-state index contributed by atoms with van der Waals surface area (Å²) in [5.41, 5.74) is 0.697. The van der Waals surface area contributed by atoms with E-state index in [2.05, 4.69) is 20.6 Å². The topological polar surface area (TPSA) is 66.9 Å². The Morgan fingerprint density at radius 1 is 1.14 bits per heavy atom. The smallest absolute Gasteiger partial charge is 0.271 e. The lowest BCUT2D eigenvalue weighted by Crippen LogP contribution is -2.40. The summed E-state index contributed by atoms with van der Waals surface area (Å²) in [7, 11) is 0. The Morgan fingerprint density at radius 2 is 1.86 bits per heavy atom. The van der Waals surface area contributed by atoms with Crippen LogP contribution >= 0.6 is 11.6 Å². The molecular weight excluding hydrogens is 288 g/mol. The van der Waals surface area contributed by atoms with Crippen LogP contribution in [0.5, 0.6) is 0 Å². The van der Waals surface area contributed by atoms with E-state index >= 15 is 0 Å². The molecule has 0 aliphatic rings. The van der Waals surface area contributed by atoms with Crippen LogP contribution in [-0.4, -0.2) is 21.4 Å². The first-order valence-electron chi connectivity index (χ1n) is 6.51. The number of hydrogen-bond acceptors (Lipinski definition) is 4. The molecule has 0 aliphatic heterocycles. The molecule has 0 atom stereocenters. The highest BCUT2D eigenvalue weighted by molar-refractivity contribution is 6.33. The Hall–Kier alpha value is -2.14. The summed E-state index contributed by atoms with van der Waals surface area (Å²) in [6, 6.07) is 7.33. The highest BCUT2D eigenvalue weighted by Crippen LogP contribution is 2.23. The van der Waals surface area contributed by atoms with Crippen LogP contribution in [0.4, 0.5) is 11.5 Å². The highest BCUT2D eigenvalue weighted by atomic mass is 35.5. The molecule has 0 aliphatic carbocycles. The van der Waals surface area contributed by atoms with Crippen LogP contribution in [0.15, 0.2) is 36.7 Å². The zero-order chi connectivity index (χ0) is 15.5. The minimum atomic E-state index is -0.312. The SMILES string of the molecule is CC(C)(C)NC(=O)c1cnc(Nc2ccccc2Cl)cn1. The van der Waals surface area contributed by atoms with E-state index in [-0.39, 0.29) is 17.1 Å². The Kier molecular flexibility index (Phi) is 4.43. The third-order valence-corrected chi connectivity index (χ3v) is 2.84. The lowest BCUT2D eigenvalue weighted by atomic mass is 10.1. The average Bonchev–Trinajstić information content (AvgIpc) is 2.40. The van der Waals surface area contributed by atoms with E-state index in [0.717, 1.165) is 5.69 Å². The maximum absolute atomic E-state index is 11.9. The molecule has 0 spiro atoms. The van der Waals surface area contributed by atoms with Gasteiger partial charge in [-0.15, -0.1) is 0 Å². The van der Waals surface area contributed by atoms with Crippen LogP contribution < -0.4 is 10.6 Å². The molecule has 5 nitrogen and oxygen atoms in total. The number of para-hydroxylation sites is 1. The van der Waals surface area contributed by atoms with Crippen molar-refractivity contribution in [2.45, 2.75) is 26.3 Å². The van der Waals surface area contributed by atoms with Crippen molar-refractivity contribution in [2.75, 3.05) is 5.32 Å². The predicted octanol–water partition coefficient (Wildman–Crippen LogP) is 3.40. The molecule has 2 rings (SSSR count). The maximum Gasteiger partial charge on any atom is 0.271 e. The fraction of sp³-hybridized carbons (Fsp3) is 0.267. The number of nitrogens with zero attached hydrogens (tertiary/aromatic N) is 2. The highest BCUT2D eigenvalue weighted by Gasteiger charge is 2.16. The molecule has 0 radical (unpaired) electrons. The first kappa shape index (κ1) is 15.3. The fourth-order valence-electron chi connectivity index (χ4n) is 1.62. The molecule has 0 saturated carbocycles. The lowest BCUT2D eigenvalue weighted by Gasteiger charge is -2.19. The maximum atomic E-state index is 11.9. The minimum Gasteiger partial charge on any atom is -0.346 e. The van der Waals surface area contributed by atoms with E-state index in [9.17, 15) is 4.79 Å². The van der Waals surface area contributed by atoms with Crippen LogP contribution in [0.2, 0.25) is 5.02 Å². The summed E-state index contributed by atoms with van der Waals surface area (Å²) in [4.78, 5) is 20.2. The molecule has 6 heteroatoms. The van der Waals surface area contributed by atoms with Crippen molar-refractivity contribution in [1.82, 2.24) is 15.3 Å². The summed E-state index contributed by atoms with van der Waals surface area (Å²) < 4.78 is 0. The second kappa shape index (κ2) is 6.10. The lowest BCUT2D eigenvalue weighted by molar-refractivity contribution is 0.0914. The number of hydrogen-bond donors (Lipinski definition) is 2. The molecule has 1 heterocycles. The van der Waals surface area contributed by atoms with Crippen LogP contribution in [-0.2, 0) is 0 Å². The van der Waals surface area contributed by atoms with Crippen molar-refractivity contribution in [1.29, 1.82) is 0 Å². The Morgan fingerprint density at radius 3 is 2.43 bits per heavy atom. The molecule has 0 unspecified atom stereocenters. The summed E-state index contributed by atoms with van der Waals surface area (Å²) in [6.07, 6.45) is 2.93. The second-order valence-corrected chi connectivity index (χ2v) is 6.00. The third kappa shape index (κ3) is 4.43. The van der Waals surface area contributed by atoms with E-state index in [4.69, 9.17) is 11.6 Å². The molecule has 0 saturated heterocycles. The van der Waals surface area contributed by atoms with Crippen molar-refractivity contribution in [3.8, 4) is 0 Å². The zero-order valence-corrected chi connectivity index (χ0v) is 12.9. The number of anilines is 2. The number of nitrogens with one attached hydrogen (secondary N) is 2. The Bertz CT molecular complexity index is 635. The first-order valence-corrected chi connectivity index (χ1v) is 6.89. The monoisotopic (exact) mass is 304 g/mol. The van der Waals surface area contributed by atoms with E-state index in [0.29, 0.717) is 10.8 Å². The number of benzene rings is 1. The second-order valence-electron chi connectivity index (χ2n) is 5.60. The number of carbonyl (C=O) groups is 1. The molecule has 110 valence electrons. The number of amides is 1. The molecule has 0 fully saturated rings. The standard InChI is InChI=1S/C15H17ClN4O/c1-15(2,3)20-14(21)12-8-18-13(9-17-12)19-11-7-5-4-6-10(11)16/h4-9H,1-3H3,(H,18,19)(H,20,21). The van der Waals surface area contributed by atoms with E-state index in [1.165, 1.54) is 12.4 Å².